The molecule has 0 spiro atoms. The molecule has 1 rings (SSSR count). The van der Waals surface area contributed by atoms with Gasteiger partial charge in [0.25, 0.3) is 0 Å². The molecule has 1 aromatic carbocycles. The third-order valence-corrected chi connectivity index (χ3v) is 2.65. The summed E-state index contributed by atoms with van der Waals surface area (Å²) in [6.45, 7) is 6.64. The molecular formula is C12H16N2Si. The zero-order valence-corrected chi connectivity index (χ0v) is 10.4. The van der Waals surface area contributed by atoms with E-state index in [1.54, 1.807) is 0 Å². The second kappa shape index (κ2) is 4.33. The van der Waals surface area contributed by atoms with Crippen LogP contribution in [0.5, 0.6) is 0 Å². The molecule has 0 aromatic heterocycles. The van der Waals surface area contributed by atoms with Gasteiger partial charge in [0.1, 0.15) is 13.9 Å². The second-order valence-electron chi connectivity index (χ2n) is 4.49. The second-order valence-corrected chi connectivity index (χ2v) is 9.24. The molecule has 0 saturated heterocycles. The Morgan fingerprint density at radius 2 is 1.73 bits per heavy atom. The summed E-state index contributed by atoms with van der Waals surface area (Å²) in [5.74, 6) is 3.25. The van der Waals surface area contributed by atoms with Gasteiger partial charge in [-0.05, 0) is 12.1 Å². The van der Waals surface area contributed by atoms with Crippen molar-refractivity contribution in [3.8, 4) is 11.5 Å². The predicted molar refractivity (Wildman–Crippen MR) is 67.7 cm³/mol. The third-order valence-electron chi connectivity index (χ3n) is 1.78. The van der Waals surface area contributed by atoms with Gasteiger partial charge in [0.05, 0.1) is 0 Å². The summed E-state index contributed by atoms with van der Waals surface area (Å²) < 4.78 is 0. The van der Waals surface area contributed by atoms with Crippen molar-refractivity contribution in [2.45, 2.75) is 19.6 Å². The minimum Gasteiger partial charge on any atom is -0.384 e. The summed E-state index contributed by atoms with van der Waals surface area (Å²) in [5, 5.41) is 7.26. The fraction of sp³-hybridized carbons (Fsp3) is 0.250. The van der Waals surface area contributed by atoms with Crippen molar-refractivity contribution < 1.29 is 0 Å². The molecule has 0 bridgehead atoms. The molecule has 0 fully saturated rings. The normalized spacial score (nSPS) is 10.3. The Hall–Kier alpha value is -1.53. The van der Waals surface area contributed by atoms with Crippen molar-refractivity contribution in [3.05, 3.63) is 35.4 Å². The molecule has 0 heterocycles. The number of benzene rings is 1. The number of nitrogens with one attached hydrogen (secondary N) is 1. The molecule has 78 valence electrons. The lowest BCUT2D eigenvalue weighted by molar-refractivity contribution is 1.42. The van der Waals surface area contributed by atoms with Crippen molar-refractivity contribution in [2.24, 2.45) is 5.73 Å². The van der Waals surface area contributed by atoms with E-state index in [-0.39, 0.29) is 5.84 Å². The highest BCUT2D eigenvalue weighted by Gasteiger charge is 2.07. The van der Waals surface area contributed by atoms with E-state index in [1.807, 2.05) is 24.3 Å². The maximum Gasteiger partial charge on any atom is 0.129 e. The topological polar surface area (TPSA) is 49.9 Å². The lowest BCUT2D eigenvalue weighted by Gasteiger charge is -2.03. The lowest BCUT2D eigenvalue weighted by Crippen LogP contribution is -2.16. The van der Waals surface area contributed by atoms with Gasteiger partial charge in [-0.15, -0.1) is 5.54 Å². The number of nitrogen functional groups attached to an aromatic ring is 1. The largest absolute Gasteiger partial charge is 0.384 e. The van der Waals surface area contributed by atoms with E-state index in [9.17, 15) is 0 Å². The van der Waals surface area contributed by atoms with E-state index >= 15 is 0 Å². The molecule has 0 amide bonds. The smallest absolute Gasteiger partial charge is 0.129 e. The summed E-state index contributed by atoms with van der Waals surface area (Å²) in [6, 6.07) is 7.47. The van der Waals surface area contributed by atoms with Crippen LogP contribution in [0.15, 0.2) is 24.3 Å². The van der Waals surface area contributed by atoms with Gasteiger partial charge in [-0.25, -0.2) is 0 Å². The van der Waals surface area contributed by atoms with Crippen LogP contribution >= 0.6 is 0 Å². The van der Waals surface area contributed by atoms with Gasteiger partial charge in [0, 0.05) is 11.1 Å². The summed E-state index contributed by atoms with van der Waals surface area (Å²) in [5.41, 5.74) is 10.4. The minimum absolute atomic E-state index is 0.0969. The van der Waals surface area contributed by atoms with E-state index in [4.69, 9.17) is 11.1 Å². The Bertz CT molecular complexity index is 416. The van der Waals surface area contributed by atoms with Crippen LogP contribution in [-0.2, 0) is 0 Å². The molecule has 1 aromatic rings. The van der Waals surface area contributed by atoms with Gasteiger partial charge in [-0.3, -0.25) is 5.41 Å². The van der Waals surface area contributed by atoms with E-state index in [2.05, 4.69) is 31.1 Å². The monoisotopic (exact) mass is 216 g/mol. The molecule has 0 aliphatic heterocycles. The van der Waals surface area contributed by atoms with Crippen molar-refractivity contribution in [1.29, 1.82) is 5.41 Å². The Labute approximate surface area is 92.0 Å². The average molecular weight is 216 g/mol. The molecule has 0 aliphatic carbocycles. The highest BCUT2D eigenvalue weighted by Crippen LogP contribution is 2.03. The molecule has 0 atom stereocenters. The zero-order chi connectivity index (χ0) is 11.5. The summed E-state index contributed by atoms with van der Waals surface area (Å²) in [6.07, 6.45) is 0. The van der Waals surface area contributed by atoms with Crippen LogP contribution in [0.25, 0.3) is 0 Å². The summed E-state index contributed by atoms with van der Waals surface area (Å²) in [7, 11) is -1.30. The predicted octanol–water partition coefficient (Wildman–Crippen LogP) is 2.20. The molecule has 0 aliphatic rings. The maximum absolute atomic E-state index is 7.26. The highest BCUT2D eigenvalue weighted by molar-refractivity contribution is 6.83. The molecular weight excluding hydrogens is 200 g/mol. The van der Waals surface area contributed by atoms with Crippen molar-refractivity contribution in [2.75, 3.05) is 0 Å². The van der Waals surface area contributed by atoms with Gasteiger partial charge in [-0.1, -0.05) is 37.7 Å². The fourth-order valence-corrected chi connectivity index (χ4v) is 1.51. The number of rotatable bonds is 1. The fourth-order valence-electron chi connectivity index (χ4n) is 0.993. The molecule has 3 N–H and O–H groups in total. The molecule has 0 saturated carbocycles. The Morgan fingerprint density at radius 1 is 1.20 bits per heavy atom. The SMILES string of the molecule is C[Si](C)(C)C#Cc1ccc(C(=N)N)cc1. The van der Waals surface area contributed by atoms with Gasteiger partial charge in [0.15, 0.2) is 0 Å². The maximum atomic E-state index is 7.26. The summed E-state index contributed by atoms with van der Waals surface area (Å²) >= 11 is 0. The highest BCUT2D eigenvalue weighted by atomic mass is 28.3. The number of hydrogen-bond acceptors (Lipinski definition) is 1. The van der Waals surface area contributed by atoms with Crippen LogP contribution < -0.4 is 5.73 Å². The first-order valence-corrected chi connectivity index (χ1v) is 8.36. The molecule has 15 heavy (non-hydrogen) atoms. The zero-order valence-electron chi connectivity index (χ0n) is 9.39. The molecule has 3 heteroatoms. The first-order chi connectivity index (χ1) is 6.88. The van der Waals surface area contributed by atoms with Crippen molar-refractivity contribution >= 4 is 13.9 Å². The van der Waals surface area contributed by atoms with E-state index < -0.39 is 8.07 Å². The van der Waals surface area contributed by atoms with Gasteiger partial charge in [0.2, 0.25) is 0 Å². The minimum atomic E-state index is -1.30. The third kappa shape index (κ3) is 4.01. The number of amidine groups is 1. The number of nitrogens with two attached hydrogens (primary N) is 1. The molecule has 2 nitrogen and oxygen atoms in total. The Kier molecular flexibility index (Phi) is 3.33. The lowest BCUT2D eigenvalue weighted by atomic mass is 10.1. The first-order valence-electron chi connectivity index (χ1n) is 4.86. The van der Waals surface area contributed by atoms with Crippen LogP contribution in [0.4, 0.5) is 0 Å². The van der Waals surface area contributed by atoms with Gasteiger partial charge in [-0.2, -0.15) is 0 Å². The number of hydrogen-bond donors (Lipinski definition) is 2. The van der Waals surface area contributed by atoms with Gasteiger partial charge >= 0.3 is 0 Å². The van der Waals surface area contributed by atoms with Crippen LogP contribution in [0.3, 0.4) is 0 Å². The standard InChI is InChI=1S/C12H16N2Si/c1-15(2,3)9-8-10-4-6-11(7-5-10)12(13)14/h4-7H,1-3H3,(H3,13,14). The Balaban J connectivity index is 2.89. The van der Waals surface area contributed by atoms with Crippen LogP contribution in [-0.4, -0.2) is 13.9 Å². The van der Waals surface area contributed by atoms with E-state index in [1.165, 1.54) is 0 Å². The average Bonchev–Trinajstić information content (AvgIpc) is 2.14. The quantitative estimate of drug-likeness (QED) is 0.321. The Morgan fingerprint density at radius 3 is 2.13 bits per heavy atom. The van der Waals surface area contributed by atoms with Crippen LogP contribution in [0.2, 0.25) is 19.6 Å². The summed E-state index contributed by atoms with van der Waals surface area (Å²) in [4.78, 5) is 0. The molecule has 0 unspecified atom stereocenters. The van der Waals surface area contributed by atoms with E-state index in [0.717, 1.165) is 11.1 Å². The van der Waals surface area contributed by atoms with E-state index in [0.29, 0.717) is 0 Å². The first kappa shape index (κ1) is 11.5. The van der Waals surface area contributed by atoms with Crippen molar-refractivity contribution in [3.63, 3.8) is 0 Å². The molecule has 0 radical (unpaired) electrons. The van der Waals surface area contributed by atoms with Crippen LogP contribution in [0.1, 0.15) is 11.1 Å². The van der Waals surface area contributed by atoms with Crippen LogP contribution in [0, 0.1) is 16.9 Å². The van der Waals surface area contributed by atoms with Crippen molar-refractivity contribution in [1.82, 2.24) is 0 Å². The van der Waals surface area contributed by atoms with Gasteiger partial charge < -0.3 is 5.73 Å².